The van der Waals surface area contributed by atoms with Crippen molar-refractivity contribution in [1.82, 2.24) is 0 Å². The lowest BCUT2D eigenvalue weighted by atomic mass is 9.96. The molecule has 0 amide bonds. The third kappa shape index (κ3) is 1.60. The van der Waals surface area contributed by atoms with Crippen molar-refractivity contribution in [3.05, 3.63) is 47.0 Å². The van der Waals surface area contributed by atoms with Gasteiger partial charge in [0.2, 0.25) is 0 Å². The minimum atomic E-state index is 0.169. The van der Waals surface area contributed by atoms with Gasteiger partial charge in [0.25, 0.3) is 0 Å². The Labute approximate surface area is 100 Å². The quantitative estimate of drug-likeness (QED) is 0.834. The first-order valence-corrected chi connectivity index (χ1v) is 6.08. The Balaban J connectivity index is 2.20. The van der Waals surface area contributed by atoms with E-state index in [1.807, 2.05) is 18.2 Å². The lowest BCUT2D eigenvalue weighted by molar-refractivity contribution is 0.638. The maximum atomic E-state index is 6.27. The van der Waals surface area contributed by atoms with Gasteiger partial charge in [-0.3, -0.25) is 0 Å². The van der Waals surface area contributed by atoms with E-state index in [2.05, 4.69) is 18.2 Å². The standard InChI is InChI=1S/C14H14ClN/c15-13-8-7-12(14(16)9-5-6-9)10-3-1-2-4-11(10)13/h1-4,7-9,14H,5-6,16H2. The molecule has 0 aliphatic heterocycles. The molecule has 3 rings (SSSR count). The molecule has 2 aromatic carbocycles. The Kier molecular flexibility index (Phi) is 2.38. The van der Waals surface area contributed by atoms with Crippen LogP contribution in [-0.2, 0) is 0 Å². The van der Waals surface area contributed by atoms with Crippen molar-refractivity contribution < 1.29 is 0 Å². The molecule has 16 heavy (non-hydrogen) atoms. The van der Waals surface area contributed by atoms with Gasteiger partial charge in [0.05, 0.1) is 0 Å². The van der Waals surface area contributed by atoms with Crippen LogP contribution in [0, 0.1) is 5.92 Å². The Bertz CT molecular complexity index is 531. The van der Waals surface area contributed by atoms with Gasteiger partial charge < -0.3 is 5.73 Å². The monoisotopic (exact) mass is 231 g/mol. The second kappa shape index (κ2) is 3.76. The van der Waals surface area contributed by atoms with Crippen LogP contribution in [0.3, 0.4) is 0 Å². The molecule has 2 heteroatoms. The van der Waals surface area contributed by atoms with Gasteiger partial charge in [-0.1, -0.05) is 41.9 Å². The molecule has 1 unspecified atom stereocenters. The summed E-state index contributed by atoms with van der Waals surface area (Å²) in [5, 5.41) is 3.12. The van der Waals surface area contributed by atoms with Crippen molar-refractivity contribution in [1.29, 1.82) is 0 Å². The first-order valence-electron chi connectivity index (χ1n) is 5.70. The van der Waals surface area contributed by atoms with Gasteiger partial charge in [-0.2, -0.15) is 0 Å². The maximum Gasteiger partial charge on any atom is 0.0484 e. The molecule has 1 nitrogen and oxygen atoms in total. The number of benzene rings is 2. The fraction of sp³-hybridized carbons (Fsp3) is 0.286. The molecule has 0 bridgehead atoms. The second-order valence-corrected chi connectivity index (χ2v) is 4.95. The summed E-state index contributed by atoms with van der Waals surface area (Å²) in [6.07, 6.45) is 2.52. The molecule has 1 saturated carbocycles. The van der Waals surface area contributed by atoms with E-state index < -0.39 is 0 Å². The zero-order valence-corrected chi connectivity index (χ0v) is 9.74. The van der Waals surface area contributed by atoms with E-state index in [4.69, 9.17) is 17.3 Å². The molecule has 1 aliphatic rings. The average molecular weight is 232 g/mol. The molecule has 82 valence electrons. The fourth-order valence-corrected chi connectivity index (χ4v) is 2.51. The summed E-state index contributed by atoms with van der Waals surface area (Å²) < 4.78 is 0. The van der Waals surface area contributed by atoms with Gasteiger partial charge in [-0.15, -0.1) is 0 Å². The molecule has 0 heterocycles. The molecule has 0 aromatic heterocycles. The average Bonchev–Trinajstić information content (AvgIpc) is 3.13. The van der Waals surface area contributed by atoms with Crippen LogP contribution in [0.1, 0.15) is 24.4 Å². The summed E-state index contributed by atoms with van der Waals surface area (Å²) in [5.74, 6) is 0.671. The number of nitrogens with two attached hydrogens (primary N) is 1. The van der Waals surface area contributed by atoms with Crippen LogP contribution in [0.25, 0.3) is 10.8 Å². The van der Waals surface area contributed by atoms with Crippen LogP contribution < -0.4 is 5.73 Å². The first-order chi connectivity index (χ1) is 7.77. The number of fused-ring (bicyclic) bond motifs is 1. The molecule has 1 aliphatic carbocycles. The van der Waals surface area contributed by atoms with E-state index in [-0.39, 0.29) is 6.04 Å². The number of hydrogen-bond acceptors (Lipinski definition) is 1. The number of hydrogen-bond donors (Lipinski definition) is 1. The SMILES string of the molecule is NC(c1ccc(Cl)c2ccccc12)C1CC1. The second-order valence-electron chi connectivity index (χ2n) is 4.55. The summed E-state index contributed by atoms with van der Waals surface area (Å²) >= 11 is 6.19. The summed E-state index contributed by atoms with van der Waals surface area (Å²) in [6, 6.07) is 12.4. The molecular formula is C14H14ClN. The van der Waals surface area contributed by atoms with Gasteiger partial charge in [0.15, 0.2) is 0 Å². The number of halogens is 1. The minimum Gasteiger partial charge on any atom is -0.324 e. The van der Waals surface area contributed by atoms with Crippen LogP contribution in [0.4, 0.5) is 0 Å². The van der Waals surface area contributed by atoms with Crippen molar-refractivity contribution in [2.45, 2.75) is 18.9 Å². The molecule has 0 spiro atoms. The third-order valence-electron chi connectivity index (χ3n) is 3.39. The van der Waals surface area contributed by atoms with E-state index in [0.29, 0.717) is 5.92 Å². The van der Waals surface area contributed by atoms with Crippen molar-refractivity contribution in [3.8, 4) is 0 Å². The molecule has 0 saturated heterocycles. The number of rotatable bonds is 2. The van der Waals surface area contributed by atoms with E-state index in [0.717, 1.165) is 10.4 Å². The summed E-state index contributed by atoms with van der Waals surface area (Å²) in [6.45, 7) is 0. The smallest absolute Gasteiger partial charge is 0.0484 e. The van der Waals surface area contributed by atoms with Crippen molar-refractivity contribution in [2.24, 2.45) is 11.7 Å². The van der Waals surface area contributed by atoms with Crippen LogP contribution in [0.2, 0.25) is 5.02 Å². The topological polar surface area (TPSA) is 26.0 Å². The molecular weight excluding hydrogens is 218 g/mol. The first kappa shape index (κ1) is 10.1. The maximum absolute atomic E-state index is 6.27. The summed E-state index contributed by atoms with van der Waals surface area (Å²) in [7, 11) is 0. The Morgan fingerprint density at radius 1 is 1.06 bits per heavy atom. The largest absolute Gasteiger partial charge is 0.324 e. The van der Waals surface area contributed by atoms with E-state index >= 15 is 0 Å². The highest BCUT2D eigenvalue weighted by Crippen LogP contribution is 2.42. The summed E-state index contributed by atoms with van der Waals surface area (Å²) in [5.41, 5.74) is 7.51. The van der Waals surface area contributed by atoms with Gasteiger partial charge in [0.1, 0.15) is 0 Å². The Morgan fingerprint density at radius 2 is 1.75 bits per heavy atom. The predicted octanol–water partition coefficient (Wildman–Crippen LogP) is 3.90. The lowest BCUT2D eigenvalue weighted by Crippen LogP contribution is -2.12. The van der Waals surface area contributed by atoms with E-state index in [1.165, 1.54) is 23.8 Å². The van der Waals surface area contributed by atoms with Crippen LogP contribution in [0.15, 0.2) is 36.4 Å². The van der Waals surface area contributed by atoms with Gasteiger partial charge in [-0.25, -0.2) is 0 Å². The predicted molar refractivity (Wildman–Crippen MR) is 68.6 cm³/mol. The van der Waals surface area contributed by atoms with Crippen molar-refractivity contribution in [3.63, 3.8) is 0 Å². The molecule has 1 atom stereocenters. The Morgan fingerprint density at radius 3 is 2.44 bits per heavy atom. The van der Waals surface area contributed by atoms with Gasteiger partial charge >= 0.3 is 0 Å². The van der Waals surface area contributed by atoms with Crippen molar-refractivity contribution in [2.75, 3.05) is 0 Å². The van der Waals surface area contributed by atoms with Gasteiger partial charge in [-0.05, 0) is 35.8 Å². The molecule has 2 N–H and O–H groups in total. The zero-order valence-electron chi connectivity index (χ0n) is 8.99. The normalized spacial score (nSPS) is 17.6. The summed E-state index contributed by atoms with van der Waals surface area (Å²) in [4.78, 5) is 0. The molecule has 2 aromatic rings. The van der Waals surface area contributed by atoms with E-state index in [9.17, 15) is 0 Å². The fourth-order valence-electron chi connectivity index (χ4n) is 2.29. The molecule has 0 radical (unpaired) electrons. The highest BCUT2D eigenvalue weighted by Gasteiger charge is 2.30. The Hall–Kier alpha value is -1.05. The zero-order chi connectivity index (χ0) is 11.1. The van der Waals surface area contributed by atoms with Crippen LogP contribution >= 0.6 is 11.6 Å². The lowest BCUT2D eigenvalue weighted by Gasteiger charge is -2.14. The third-order valence-corrected chi connectivity index (χ3v) is 3.72. The van der Waals surface area contributed by atoms with Crippen LogP contribution in [-0.4, -0.2) is 0 Å². The minimum absolute atomic E-state index is 0.169. The van der Waals surface area contributed by atoms with Crippen molar-refractivity contribution >= 4 is 22.4 Å². The highest BCUT2D eigenvalue weighted by atomic mass is 35.5. The van der Waals surface area contributed by atoms with Gasteiger partial charge in [0, 0.05) is 16.5 Å². The highest BCUT2D eigenvalue weighted by molar-refractivity contribution is 6.35. The molecule has 1 fully saturated rings. The van der Waals surface area contributed by atoms with E-state index in [1.54, 1.807) is 0 Å². The van der Waals surface area contributed by atoms with Crippen LogP contribution in [0.5, 0.6) is 0 Å².